The molecule has 0 amide bonds. The molecule has 0 unspecified atom stereocenters. The molecule has 4 nitrogen and oxygen atoms in total. The van der Waals surface area contributed by atoms with Gasteiger partial charge in [-0.25, -0.2) is 9.78 Å². The Kier molecular flexibility index (Phi) is 4.60. The van der Waals surface area contributed by atoms with Crippen LogP contribution in [0.15, 0.2) is 18.3 Å². The van der Waals surface area contributed by atoms with Crippen LogP contribution in [0.3, 0.4) is 0 Å². The van der Waals surface area contributed by atoms with Gasteiger partial charge < -0.3 is 10.4 Å². The van der Waals surface area contributed by atoms with E-state index >= 15 is 0 Å². The number of halogens is 4. The summed E-state index contributed by atoms with van der Waals surface area (Å²) in [5, 5.41) is 10.3. The van der Waals surface area contributed by atoms with Crippen molar-refractivity contribution >= 4 is 5.97 Å². The molecule has 1 aromatic rings. The van der Waals surface area contributed by atoms with Gasteiger partial charge in [-0.05, 0) is 17.7 Å². The van der Waals surface area contributed by atoms with Crippen LogP contribution in [-0.2, 0) is 4.79 Å². The van der Waals surface area contributed by atoms with E-state index in [4.69, 9.17) is 9.90 Å². The first-order valence-electron chi connectivity index (χ1n) is 4.93. The molecule has 0 spiro atoms. The number of alkyl halides is 3. The summed E-state index contributed by atoms with van der Waals surface area (Å²) in [4.78, 5) is 12.4. The predicted octanol–water partition coefficient (Wildman–Crippen LogP) is 1.54. The molecule has 2 rings (SSSR count). The zero-order valence-corrected chi connectivity index (χ0v) is 9.04. The van der Waals surface area contributed by atoms with E-state index in [0.29, 0.717) is 5.92 Å². The third-order valence-electron chi connectivity index (χ3n) is 2.25. The highest BCUT2D eigenvalue weighted by Gasteiger charge is 2.38. The molecule has 1 aromatic heterocycles. The number of carboxylic acids is 1. The van der Waals surface area contributed by atoms with Crippen molar-refractivity contribution in [2.24, 2.45) is 0 Å². The van der Waals surface area contributed by atoms with E-state index in [9.17, 15) is 17.6 Å². The Hall–Kier alpha value is -1.70. The van der Waals surface area contributed by atoms with Crippen molar-refractivity contribution in [1.29, 1.82) is 0 Å². The number of nitrogens with zero attached hydrogens (tertiary/aromatic N) is 1. The van der Waals surface area contributed by atoms with Gasteiger partial charge in [0.1, 0.15) is 0 Å². The van der Waals surface area contributed by atoms with Gasteiger partial charge in [0.05, 0.1) is 0 Å². The molecule has 100 valence electrons. The van der Waals surface area contributed by atoms with Crippen molar-refractivity contribution in [2.45, 2.75) is 12.1 Å². The lowest BCUT2D eigenvalue weighted by Crippen LogP contribution is -2.39. The summed E-state index contributed by atoms with van der Waals surface area (Å²) in [6.07, 6.45) is -3.57. The molecular formula is C10H10F4N2O2. The highest BCUT2D eigenvalue weighted by Crippen LogP contribution is 2.18. The first-order chi connectivity index (χ1) is 8.30. The fourth-order valence-electron chi connectivity index (χ4n) is 1.20. The average Bonchev–Trinajstić information content (AvgIpc) is 2.14. The van der Waals surface area contributed by atoms with Crippen LogP contribution in [0.1, 0.15) is 11.5 Å². The fraction of sp³-hybridized carbons (Fsp3) is 0.400. The van der Waals surface area contributed by atoms with Crippen molar-refractivity contribution in [2.75, 3.05) is 13.1 Å². The van der Waals surface area contributed by atoms with Crippen LogP contribution in [-0.4, -0.2) is 35.3 Å². The number of hydrogen-bond donors (Lipinski definition) is 2. The van der Waals surface area contributed by atoms with Crippen molar-refractivity contribution in [1.82, 2.24) is 10.3 Å². The molecule has 0 atom stereocenters. The summed E-state index contributed by atoms with van der Waals surface area (Å²) >= 11 is 0. The van der Waals surface area contributed by atoms with Gasteiger partial charge in [-0.3, -0.25) is 0 Å². The van der Waals surface area contributed by atoms with Gasteiger partial charge >= 0.3 is 12.1 Å². The molecule has 0 radical (unpaired) electrons. The molecule has 2 N–H and O–H groups in total. The first-order valence-corrected chi connectivity index (χ1v) is 4.93. The smallest absolute Gasteiger partial charge is 0.475 e. The lowest BCUT2D eigenvalue weighted by molar-refractivity contribution is -0.192. The zero-order valence-electron chi connectivity index (χ0n) is 9.04. The van der Waals surface area contributed by atoms with E-state index in [1.807, 2.05) is 6.07 Å². The van der Waals surface area contributed by atoms with Crippen molar-refractivity contribution < 1.29 is 27.5 Å². The molecular weight excluding hydrogens is 256 g/mol. The summed E-state index contributed by atoms with van der Waals surface area (Å²) in [5.41, 5.74) is 1.05. The van der Waals surface area contributed by atoms with Crippen LogP contribution in [0.25, 0.3) is 0 Å². The maximum atomic E-state index is 12.6. The van der Waals surface area contributed by atoms with Gasteiger partial charge in [0, 0.05) is 25.2 Å². The summed E-state index contributed by atoms with van der Waals surface area (Å²) in [6, 6.07) is 3.38. The Labute approximate surface area is 99.6 Å². The predicted molar refractivity (Wildman–Crippen MR) is 53.5 cm³/mol. The first kappa shape index (κ1) is 14.4. The molecule has 0 aliphatic carbocycles. The summed E-state index contributed by atoms with van der Waals surface area (Å²) in [6.45, 7) is 1.92. The Balaban J connectivity index is 0.000000203. The molecule has 0 aromatic carbocycles. The maximum Gasteiger partial charge on any atom is 0.490 e. The number of rotatable bonds is 1. The van der Waals surface area contributed by atoms with E-state index < -0.39 is 12.1 Å². The highest BCUT2D eigenvalue weighted by molar-refractivity contribution is 5.73. The maximum absolute atomic E-state index is 12.6. The SMILES string of the molecule is Fc1cc(C2CNC2)ccn1.O=C(O)C(F)(F)F. The van der Waals surface area contributed by atoms with E-state index in [2.05, 4.69) is 10.3 Å². The summed E-state index contributed by atoms with van der Waals surface area (Å²) in [7, 11) is 0. The van der Waals surface area contributed by atoms with Gasteiger partial charge in [-0.15, -0.1) is 0 Å². The van der Waals surface area contributed by atoms with Gasteiger partial charge in [-0.2, -0.15) is 17.6 Å². The van der Waals surface area contributed by atoms with Crippen molar-refractivity contribution in [3.63, 3.8) is 0 Å². The Bertz CT molecular complexity index is 419. The monoisotopic (exact) mass is 266 g/mol. The van der Waals surface area contributed by atoms with Crippen molar-refractivity contribution in [3.8, 4) is 0 Å². The zero-order chi connectivity index (χ0) is 13.8. The second kappa shape index (κ2) is 5.76. The molecule has 0 bridgehead atoms. The van der Waals surface area contributed by atoms with E-state index in [0.717, 1.165) is 18.7 Å². The standard InChI is InChI=1S/C8H9FN2.C2HF3O2/c9-8-3-6(1-2-11-8)7-4-10-5-7;3-2(4,5)1(6)7/h1-3,7,10H,4-5H2;(H,6,7). The van der Waals surface area contributed by atoms with Crippen LogP contribution in [0.4, 0.5) is 17.6 Å². The molecule has 0 saturated carbocycles. The van der Waals surface area contributed by atoms with Crippen LogP contribution in [0, 0.1) is 5.95 Å². The minimum absolute atomic E-state index is 0.380. The fourth-order valence-corrected chi connectivity index (χ4v) is 1.20. The van der Waals surface area contributed by atoms with Gasteiger partial charge in [0.2, 0.25) is 5.95 Å². The Morgan fingerprint density at radius 3 is 2.33 bits per heavy atom. The molecule has 1 saturated heterocycles. The van der Waals surface area contributed by atoms with Crippen LogP contribution >= 0.6 is 0 Å². The van der Waals surface area contributed by atoms with Gasteiger partial charge in [0.15, 0.2) is 0 Å². The molecule has 18 heavy (non-hydrogen) atoms. The second-order valence-corrected chi connectivity index (χ2v) is 3.57. The minimum atomic E-state index is -5.08. The minimum Gasteiger partial charge on any atom is -0.475 e. The molecule has 2 heterocycles. The molecule has 1 fully saturated rings. The quantitative estimate of drug-likeness (QED) is 0.598. The van der Waals surface area contributed by atoms with Gasteiger partial charge in [0.25, 0.3) is 0 Å². The van der Waals surface area contributed by atoms with E-state index in [1.54, 1.807) is 0 Å². The van der Waals surface area contributed by atoms with Crippen LogP contribution < -0.4 is 5.32 Å². The largest absolute Gasteiger partial charge is 0.490 e. The third-order valence-corrected chi connectivity index (χ3v) is 2.25. The second-order valence-electron chi connectivity index (χ2n) is 3.57. The highest BCUT2D eigenvalue weighted by atomic mass is 19.4. The Morgan fingerprint density at radius 1 is 1.44 bits per heavy atom. The number of aliphatic carboxylic acids is 1. The number of pyridine rings is 1. The van der Waals surface area contributed by atoms with Crippen molar-refractivity contribution in [3.05, 3.63) is 29.8 Å². The lowest BCUT2D eigenvalue weighted by Gasteiger charge is -2.27. The normalized spacial score (nSPS) is 15.3. The third kappa shape index (κ3) is 4.28. The van der Waals surface area contributed by atoms with Crippen LogP contribution in [0.2, 0.25) is 0 Å². The van der Waals surface area contributed by atoms with Gasteiger partial charge in [-0.1, -0.05) is 0 Å². The number of carboxylic acid groups (broad SMARTS) is 1. The number of aromatic nitrogens is 1. The number of hydrogen-bond acceptors (Lipinski definition) is 3. The molecule has 1 aliphatic rings. The molecule has 8 heteroatoms. The lowest BCUT2D eigenvalue weighted by atomic mass is 9.95. The van der Waals surface area contributed by atoms with E-state index in [-0.39, 0.29) is 5.95 Å². The Morgan fingerprint density at radius 2 is 2.00 bits per heavy atom. The average molecular weight is 266 g/mol. The van der Waals surface area contributed by atoms with E-state index in [1.165, 1.54) is 12.3 Å². The summed E-state index contributed by atoms with van der Waals surface area (Å²) in [5.74, 6) is -2.64. The summed E-state index contributed by atoms with van der Waals surface area (Å²) < 4.78 is 44.3. The van der Waals surface area contributed by atoms with Crippen LogP contribution in [0.5, 0.6) is 0 Å². The topological polar surface area (TPSA) is 62.2 Å². The number of nitrogens with one attached hydrogen (secondary N) is 1. The molecule has 1 aliphatic heterocycles. The number of carbonyl (C=O) groups is 1.